The van der Waals surface area contributed by atoms with Gasteiger partial charge in [-0.2, -0.15) is 5.10 Å². The van der Waals surface area contributed by atoms with E-state index in [9.17, 15) is 4.79 Å². The first-order valence-corrected chi connectivity index (χ1v) is 6.89. The van der Waals surface area contributed by atoms with Crippen molar-refractivity contribution in [2.75, 3.05) is 5.32 Å². The normalized spacial score (nSPS) is 10.5. The van der Waals surface area contributed by atoms with Gasteiger partial charge in [0.1, 0.15) is 6.54 Å². The van der Waals surface area contributed by atoms with Gasteiger partial charge >= 0.3 is 0 Å². The van der Waals surface area contributed by atoms with Crippen LogP contribution in [0.2, 0.25) is 5.02 Å². The number of carbonyl (C=O) groups excluding carboxylic acids is 1. The highest BCUT2D eigenvalue weighted by Gasteiger charge is 2.09. The molecule has 0 saturated carbocycles. The van der Waals surface area contributed by atoms with Gasteiger partial charge in [-0.1, -0.05) is 27.5 Å². The van der Waals surface area contributed by atoms with Gasteiger partial charge in [-0.15, -0.1) is 0 Å². The van der Waals surface area contributed by atoms with Gasteiger partial charge in [-0.25, -0.2) is 0 Å². The second-order valence-electron chi connectivity index (χ2n) is 4.26. The van der Waals surface area contributed by atoms with Crippen LogP contribution in [0.15, 0.2) is 28.7 Å². The first-order valence-electron chi connectivity index (χ1n) is 5.71. The van der Waals surface area contributed by atoms with Crippen molar-refractivity contribution in [3.8, 4) is 0 Å². The number of carbonyl (C=O) groups is 1. The van der Waals surface area contributed by atoms with Gasteiger partial charge in [0.05, 0.1) is 16.4 Å². The van der Waals surface area contributed by atoms with E-state index in [1.165, 1.54) is 0 Å². The minimum Gasteiger partial charge on any atom is -0.323 e. The SMILES string of the molecule is Cc1cc(C)n(CC(=O)Nc2cc(Br)ccc2Cl)n1. The van der Waals surface area contributed by atoms with Crippen molar-refractivity contribution in [2.45, 2.75) is 20.4 Å². The Bertz CT molecular complexity index is 624. The van der Waals surface area contributed by atoms with Crippen molar-refractivity contribution < 1.29 is 4.79 Å². The number of amides is 1. The number of nitrogens with zero attached hydrogens (tertiary/aromatic N) is 2. The summed E-state index contributed by atoms with van der Waals surface area (Å²) in [4.78, 5) is 12.0. The molecule has 0 bridgehead atoms. The summed E-state index contributed by atoms with van der Waals surface area (Å²) in [6, 6.07) is 7.24. The van der Waals surface area contributed by atoms with E-state index in [0.717, 1.165) is 15.9 Å². The van der Waals surface area contributed by atoms with Crippen molar-refractivity contribution in [3.63, 3.8) is 0 Å². The predicted molar refractivity (Wildman–Crippen MR) is 79.5 cm³/mol. The van der Waals surface area contributed by atoms with Gasteiger partial charge in [-0.3, -0.25) is 9.48 Å². The van der Waals surface area contributed by atoms with E-state index in [-0.39, 0.29) is 12.5 Å². The molecule has 0 aliphatic carbocycles. The first kappa shape index (κ1) is 14.1. The molecule has 0 atom stereocenters. The topological polar surface area (TPSA) is 46.9 Å². The Morgan fingerprint density at radius 2 is 2.16 bits per heavy atom. The van der Waals surface area contributed by atoms with E-state index in [0.29, 0.717) is 10.7 Å². The van der Waals surface area contributed by atoms with E-state index in [1.54, 1.807) is 16.8 Å². The van der Waals surface area contributed by atoms with Crippen LogP contribution in [-0.4, -0.2) is 15.7 Å². The van der Waals surface area contributed by atoms with Crippen LogP contribution in [0.1, 0.15) is 11.4 Å². The third-order valence-corrected chi connectivity index (χ3v) is 3.42. The van der Waals surface area contributed by atoms with Crippen LogP contribution < -0.4 is 5.32 Å². The molecule has 0 unspecified atom stereocenters. The van der Waals surface area contributed by atoms with Crippen LogP contribution >= 0.6 is 27.5 Å². The molecule has 0 radical (unpaired) electrons. The standard InChI is InChI=1S/C13H13BrClN3O/c1-8-5-9(2)18(17-8)7-13(19)16-12-6-10(14)3-4-11(12)15/h3-6H,7H2,1-2H3,(H,16,19). The Kier molecular flexibility index (Phi) is 4.27. The van der Waals surface area contributed by atoms with Crippen LogP contribution in [0, 0.1) is 13.8 Å². The fourth-order valence-corrected chi connectivity index (χ4v) is 2.28. The molecule has 1 aromatic heterocycles. The van der Waals surface area contributed by atoms with Crippen LogP contribution in [0.5, 0.6) is 0 Å². The summed E-state index contributed by atoms with van der Waals surface area (Å²) in [7, 11) is 0. The summed E-state index contributed by atoms with van der Waals surface area (Å²) in [6.07, 6.45) is 0. The number of rotatable bonds is 3. The van der Waals surface area contributed by atoms with Gasteiger partial charge < -0.3 is 5.32 Å². The molecule has 0 fully saturated rings. The van der Waals surface area contributed by atoms with E-state index >= 15 is 0 Å². The van der Waals surface area contributed by atoms with E-state index in [2.05, 4.69) is 26.3 Å². The summed E-state index contributed by atoms with van der Waals surface area (Å²) in [6.45, 7) is 3.98. The molecule has 4 nitrogen and oxygen atoms in total. The van der Waals surface area contributed by atoms with E-state index in [1.807, 2.05) is 26.0 Å². The lowest BCUT2D eigenvalue weighted by Gasteiger charge is -2.08. The molecule has 1 heterocycles. The number of aromatic nitrogens is 2. The second-order valence-corrected chi connectivity index (χ2v) is 5.58. The first-order chi connectivity index (χ1) is 8.95. The highest BCUT2D eigenvalue weighted by molar-refractivity contribution is 9.10. The van der Waals surface area contributed by atoms with Crippen molar-refractivity contribution >= 4 is 39.1 Å². The van der Waals surface area contributed by atoms with Crippen LogP contribution in [0.3, 0.4) is 0 Å². The molecule has 0 spiro atoms. The van der Waals surface area contributed by atoms with Crippen LogP contribution in [0.25, 0.3) is 0 Å². The minimum atomic E-state index is -0.161. The molecule has 1 N–H and O–H groups in total. The number of halogens is 2. The molecular weight excluding hydrogens is 330 g/mol. The maximum atomic E-state index is 12.0. The number of anilines is 1. The summed E-state index contributed by atoms with van der Waals surface area (Å²) < 4.78 is 2.52. The Labute approximate surface area is 124 Å². The fraction of sp³-hybridized carbons (Fsp3) is 0.231. The minimum absolute atomic E-state index is 0.161. The molecule has 2 rings (SSSR count). The Hall–Kier alpha value is -1.33. The second kappa shape index (κ2) is 5.75. The van der Waals surface area contributed by atoms with Crippen molar-refractivity contribution in [2.24, 2.45) is 0 Å². The van der Waals surface area contributed by atoms with Gasteiger partial charge in [0.25, 0.3) is 0 Å². The average molecular weight is 343 g/mol. The number of hydrogen-bond acceptors (Lipinski definition) is 2. The molecule has 19 heavy (non-hydrogen) atoms. The highest BCUT2D eigenvalue weighted by Crippen LogP contribution is 2.25. The lowest BCUT2D eigenvalue weighted by atomic mass is 10.3. The zero-order chi connectivity index (χ0) is 14.0. The van der Waals surface area contributed by atoms with Gasteiger partial charge in [0.2, 0.25) is 5.91 Å². The third-order valence-electron chi connectivity index (χ3n) is 2.60. The molecule has 1 aromatic carbocycles. The molecule has 2 aromatic rings. The third kappa shape index (κ3) is 3.58. The summed E-state index contributed by atoms with van der Waals surface area (Å²) in [5, 5.41) is 7.52. The lowest BCUT2D eigenvalue weighted by molar-refractivity contribution is -0.116. The van der Waals surface area contributed by atoms with Crippen molar-refractivity contribution in [3.05, 3.63) is 45.1 Å². The van der Waals surface area contributed by atoms with Gasteiger partial charge in [0, 0.05) is 10.2 Å². The number of hydrogen-bond donors (Lipinski definition) is 1. The summed E-state index contributed by atoms with van der Waals surface area (Å²) in [5.74, 6) is -0.161. The molecule has 0 aliphatic rings. The Morgan fingerprint density at radius 1 is 1.42 bits per heavy atom. The molecule has 0 aliphatic heterocycles. The number of benzene rings is 1. The van der Waals surface area contributed by atoms with Gasteiger partial charge in [0.15, 0.2) is 0 Å². The Morgan fingerprint density at radius 3 is 2.79 bits per heavy atom. The monoisotopic (exact) mass is 341 g/mol. The number of nitrogens with one attached hydrogen (secondary N) is 1. The quantitative estimate of drug-likeness (QED) is 0.927. The Balaban J connectivity index is 2.09. The van der Waals surface area contributed by atoms with Crippen LogP contribution in [-0.2, 0) is 11.3 Å². The van der Waals surface area contributed by atoms with Gasteiger partial charge in [-0.05, 0) is 38.1 Å². The maximum absolute atomic E-state index is 12.0. The maximum Gasteiger partial charge on any atom is 0.246 e. The number of aryl methyl sites for hydroxylation is 2. The molecule has 100 valence electrons. The average Bonchev–Trinajstić information content (AvgIpc) is 2.62. The predicted octanol–water partition coefficient (Wildman–Crippen LogP) is 3.55. The van der Waals surface area contributed by atoms with Crippen molar-refractivity contribution in [1.29, 1.82) is 0 Å². The molecule has 6 heteroatoms. The molecule has 1 amide bonds. The van der Waals surface area contributed by atoms with Crippen LogP contribution in [0.4, 0.5) is 5.69 Å². The van der Waals surface area contributed by atoms with E-state index < -0.39 is 0 Å². The molecular formula is C13H13BrClN3O. The van der Waals surface area contributed by atoms with E-state index in [4.69, 9.17) is 11.6 Å². The zero-order valence-electron chi connectivity index (χ0n) is 10.6. The zero-order valence-corrected chi connectivity index (χ0v) is 12.9. The smallest absolute Gasteiger partial charge is 0.246 e. The fourth-order valence-electron chi connectivity index (χ4n) is 1.75. The largest absolute Gasteiger partial charge is 0.323 e. The summed E-state index contributed by atoms with van der Waals surface area (Å²) >= 11 is 9.36. The summed E-state index contributed by atoms with van der Waals surface area (Å²) in [5.41, 5.74) is 2.43. The van der Waals surface area contributed by atoms with Crippen molar-refractivity contribution in [1.82, 2.24) is 9.78 Å². The lowest BCUT2D eigenvalue weighted by Crippen LogP contribution is -2.20. The highest BCUT2D eigenvalue weighted by atomic mass is 79.9. The molecule has 0 saturated heterocycles.